The SMILES string of the molecule is CCOc1ccc(Cc2nc3cc([N+](=O)[O-])ccc3n2CCN2CCOCC2)cc1.Cl. The fourth-order valence-electron chi connectivity index (χ4n) is 3.79. The van der Waals surface area contributed by atoms with Crippen molar-refractivity contribution in [2.24, 2.45) is 0 Å². The van der Waals surface area contributed by atoms with Gasteiger partial charge in [-0.25, -0.2) is 4.98 Å². The van der Waals surface area contributed by atoms with E-state index in [1.54, 1.807) is 12.1 Å². The van der Waals surface area contributed by atoms with E-state index in [4.69, 9.17) is 14.5 Å². The molecule has 31 heavy (non-hydrogen) atoms. The molecule has 0 unspecified atom stereocenters. The van der Waals surface area contributed by atoms with E-state index in [9.17, 15) is 10.1 Å². The number of rotatable bonds is 8. The van der Waals surface area contributed by atoms with Crippen molar-refractivity contribution in [2.45, 2.75) is 19.9 Å². The Bertz CT molecular complexity index is 1020. The molecule has 1 aliphatic heterocycles. The van der Waals surface area contributed by atoms with Gasteiger partial charge in [-0.05, 0) is 30.7 Å². The van der Waals surface area contributed by atoms with Crippen LogP contribution < -0.4 is 4.74 Å². The number of nitrogens with zero attached hydrogens (tertiary/aromatic N) is 4. The highest BCUT2D eigenvalue weighted by atomic mass is 35.5. The number of benzene rings is 2. The average Bonchev–Trinajstić information content (AvgIpc) is 3.10. The van der Waals surface area contributed by atoms with Crippen LogP contribution in [0.25, 0.3) is 11.0 Å². The maximum atomic E-state index is 11.2. The molecule has 4 rings (SSSR count). The van der Waals surface area contributed by atoms with Crippen LogP contribution in [0.4, 0.5) is 5.69 Å². The van der Waals surface area contributed by atoms with Crippen molar-refractivity contribution in [1.29, 1.82) is 0 Å². The Hall–Kier alpha value is -2.68. The highest BCUT2D eigenvalue weighted by Gasteiger charge is 2.17. The van der Waals surface area contributed by atoms with Gasteiger partial charge in [-0.15, -0.1) is 12.4 Å². The molecule has 1 aliphatic rings. The molecule has 2 aromatic carbocycles. The van der Waals surface area contributed by atoms with Gasteiger partial charge in [-0.1, -0.05) is 12.1 Å². The number of nitro benzene ring substituents is 1. The van der Waals surface area contributed by atoms with Gasteiger partial charge in [0.1, 0.15) is 11.6 Å². The molecule has 8 nitrogen and oxygen atoms in total. The molecule has 1 aromatic heterocycles. The summed E-state index contributed by atoms with van der Waals surface area (Å²) in [5.74, 6) is 1.75. The van der Waals surface area contributed by atoms with Crippen molar-refractivity contribution in [3.63, 3.8) is 0 Å². The molecule has 0 aliphatic carbocycles. The van der Waals surface area contributed by atoms with E-state index in [2.05, 4.69) is 9.47 Å². The Morgan fingerprint density at radius 1 is 1.13 bits per heavy atom. The third-order valence-corrected chi connectivity index (χ3v) is 5.36. The number of halogens is 1. The predicted molar refractivity (Wildman–Crippen MR) is 121 cm³/mol. The molecule has 9 heteroatoms. The van der Waals surface area contributed by atoms with Crippen LogP contribution in [0.5, 0.6) is 5.75 Å². The Morgan fingerprint density at radius 2 is 1.87 bits per heavy atom. The molecular formula is C22H27ClN4O4. The Labute approximate surface area is 187 Å². The zero-order valence-electron chi connectivity index (χ0n) is 17.5. The standard InChI is InChI=1S/C22H26N4O4.ClH/c1-2-30-19-6-3-17(4-7-19)15-22-23-20-16-18(26(27)28)5-8-21(20)25(22)10-9-24-11-13-29-14-12-24;/h3-8,16H,2,9-15H2,1H3;1H. The highest BCUT2D eigenvalue weighted by Crippen LogP contribution is 2.24. The van der Waals surface area contributed by atoms with E-state index >= 15 is 0 Å². The molecule has 1 fully saturated rings. The minimum absolute atomic E-state index is 0. The van der Waals surface area contributed by atoms with Crippen LogP contribution in [0.1, 0.15) is 18.3 Å². The van der Waals surface area contributed by atoms with Crippen LogP contribution in [-0.2, 0) is 17.7 Å². The Kier molecular flexibility index (Phi) is 7.84. The molecular weight excluding hydrogens is 420 g/mol. The van der Waals surface area contributed by atoms with Gasteiger partial charge in [0, 0.05) is 44.7 Å². The van der Waals surface area contributed by atoms with E-state index in [0.29, 0.717) is 18.5 Å². The third kappa shape index (κ3) is 5.52. The van der Waals surface area contributed by atoms with Gasteiger partial charge in [0.25, 0.3) is 5.69 Å². The number of aromatic nitrogens is 2. The molecule has 0 radical (unpaired) electrons. The molecule has 0 atom stereocenters. The number of fused-ring (bicyclic) bond motifs is 1. The summed E-state index contributed by atoms with van der Waals surface area (Å²) in [4.78, 5) is 17.9. The summed E-state index contributed by atoms with van der Waals surface area (Å²) in [5.41, 5.74) is 2.77. The molecule has 166 valence electrons. The van der Waals surface area contributed by atoms with Crippen molar-refractivity contribution in [3.05, 3.63) is 64.0 Å². The summed E-state index contributed by atoms with van der Waals surface area (Å²) in [6.07, 6.45) is 0.651. The first-order valence-corrected chi connectivity index (χ1v) is 10.3. The lowest BCUT2D eigenvalue weighted by atomic mass is 10.1. The van der Waals surface area contributed by atoms with Crippen LogP contribution in [-0.4, -0.2) is 58.8 Å². The number of hydrogen-bond acceptors (Lipinski definition) is 6. The average molecular weight is 447 g/mol. The van der Waals surface area contributed by atoms with Crippen LogP contribution in [0.2, 0.25) is 0 Å². The molecule has 2 heterocycles. The third-order valence-electron chi connectivity index (χ3n) is 5.36. The van der Waals surface area contributed by atoms with E-state index in [1.807, 2.05) is 37.3 Å². The van der Waals surface area contributed by atoms with Gasteiger partial charge in [0.05, 0.1) is 35.8 Å². The van der Waals surface area contributed by atoms with Crippen molar-refractivity contribution in [1.82, 2.24) is 14.5 Å². The maximum Gasteiger partial charge on any atom is 0.271 e. The molecule has 1 saturated heterocycles. The lowest BCUT2D eigenvalue weighted by Crippen LogP contribution is -2.38. The van der Waals surface area contributed by atoms with Gasteiger partial charge in [-0.2, -0.15) is 0 Å². The largest absolute Gasteiger partial charge is 0.494 e. The summed E-state index contributed by atoms with van der Waals surface area (Å²) < 4.78 is 13.1. The number of morpholine rings is 1. The van der Waals surface area contributed by atoms with Gasteiger partial charge in [-0.3, -0.25) is 15.0 Å². The monoisotopic (exact) mass is 446 g/mol. The summed E-state index contributed by atoms with van der Waals surface area (Å²) in [6, 6.07) is 12.9. The fourth-order valence-corrected chi connectivity index (χ4v) is 3.79. The topological polar surface area (TPSA) is 82.7 Å². The second-order valence-corrected chi connectivity index (χ2v) is 7.32. The zero-order valence-corrected chi connectivity index (χ0v) is 18.3. The molecule has 3 aromatic rings. The first-order valence-electron chi connectivity index (χ1n) is 10.3. The normalized spacial score (nSPS) is 14.4. The first kappa shape index (κ1) is 23.0. The summed E-state index contributed by atoms with van der Waals surface area (Å²) in [6.45, 7) is 7.63. The van der Waals surface area contributed by atoms with Crippen molar-refractivity contribution in [2.75, 3.05) is 39.5 Å². The quantitative estimate of drug-likeness (QED) is 0.387. The summed E-state index contributed by atoms with van der Waals surface area (Å²) in [5, 5.41) is 11.2. The number of hydrogen-bond donors (Lipinski definition) is 0. The zero-order chi connectivity index (χ0) is 20.9. The van der Waals surface area contributed by atoms with Gasteiger partial charge in [0.15, 0.2) is 0 Å². The van der Waals surface area contributed by atoms with E-state index in [1.165, 1.54) is 0 Å². The number of non-ortho nitro benzene ring substituents is 1. The maximum absolute atomic E-state index is 11.2. The number of nitro groups is 1. The van der Waals surface area contributed by atoms with E-state index in [-0.39, 0.29) is 23.0 Å². The molecule has 0 saturated carbocycles. The van der Waals surface area contributed by atoms with Crippen LogP contribution in [0.15, 0.2) is 42.5 Å². The molecule has 0 bridgehead atoms. The van der Waals surface area contributed by atoms with Crippen LogP contribution in [0.3, 0.4) is 0 Å². The van der Waals surface area contributed by atoms with Gasteiger partial charge >= 0.3 is 0 Å². The van der Waals surface area contributed by atoms with Gasteiger partial charge in [0.2, 0.25) is 0 Å². The lowest BCUT2D eigenvalue weighted by molar-refractivity contribution is -0.384. The minimum Gasteiger partial charge on any atom is -0.494 e. The van der Waals surface area contributed by atoms with E-state index < -0.39 is 0 Å². The summed E-state index contributed by atoms with van der Waals surface area (Å²) in [7, 11) is 0. The predicted octanol–water partition coefficient (Wildman–Crippen LogP) is 3.69. The molecule has 0 amide bonds. The van der Waals surface area contributed by atoms with Crippen LogP contribution >= 0.6 is 12.4 Å². The van der Waals surface area contributed by atoms with Crippen LogP contribution in [0, 0.1) is 10.1 Å². The minimum atomic E-state index is -0.377. The molecule has 0 N–H and O–H groups in total. The van der Waals surface area contributed by atoms with Crippen molar-refractivity contribution in [3.8, 4) is 5.75 Å². The summed E-state index contributed by atoms with van der Waals surface area (Å²) >= 11 is 0. The fraction of sp³-hybridized carbons (Fsp3) is 0.409. The highest BCUT2D eigenvalue weighted by molar-refractivity contribution is 5.85. The van der Waals surface area contributed by atoms with Gasteiger partial charge < -0.3 is 14.0 Å². The van der Waals surface area contributed by atoms with Crippen molar-refractivity contribution >= 4 is 29.1 Å². The second kappa shape index (κ2) is 10.6. The lowest BCUT2D eigenvalue weighted by Gasteiger charge is -2.27. The number of imidazole rings is 1. The smallest absolute Gasteiger partial charge is 0.271 e. The second-order valence-electron chi connectivity index (χ2n) is 7.32. The van der Waals surface area contributed by atoms with E-state index in [0.717, 1.165) is 62.0 Å². The van der Waals surface area contributed by atoms with Crippen molar-refractivity contribution < 1.29 is 14.4 Å². The number of ether oxygens (including phenoxy) is 2. The first-order chi connectivity index (χ1) is 14.6. The Balaban J connectivity index is 0.00000272. The Morgan fingerprint density at radius 3 is 2.55 bits per heavy atom. The molecule has 0 spiro atoms.